The summed E-state index contributed by atoms with van der Waals surface area (Å²) >= 11 is 1.38. The van der Waals surface area contributed by atoms with Gasteiger partial charge in [-0.25, -0.2) is 4.98 Å². The predicted molar refractivity (Wildman–Crippen MR) is 112 cm³/mol. The highest BCUT2D eigenvalue weighted by Crippen LogP contribution is 2.27. The van der Waals surface area contributed by atoms with Gasteiger partial charge in [-0.05, 0) is 42.8 Å². The van der Waals surface area contributed by atoms with Crippen LogP contribution in [0.2, 0.25) is 0 Å². The van der Waals surface area contributed by atoms with Crippen molar-refractivity contribution in [3.05, 3.63) is 65.7 Å². The van der Waals surface area contributed by atoms with Crippen LogP contribution in [0.5, 0.6) is 5.75 Å². The molecule has 0 spiro atoms. The molecule has 4 rings (SSSR count). The maximum absolute atomic E-state index is 12.4. The van der Waals surface area contributed by atoms with E-state index in [9.17, 15) is 4.79 Å². The fourth-order valence-corrected chi connectivity index (χ4v) is 3.49. The van der Waals surface area contributed by atoms with Gasteiger partial charge in [0.1, 0.15) is 11.3 Å². The highest BCUT2D eigenvalue weighted by atomic mass is 32.1. The molecule has 1 amide bonds. The molecule has 0 atom stereocenters. The lowest BCUT2D eigenvalue weighted by atomic mass is 10.2. The number of unbranched alkanes of at least 4 members (excludes halogenated alkanes) is 1. The van der Waals surface area contributed by atoms with E-state index in [1.54, 1.807) is 6.07 Å². The number of benzene rings is 2. The first-order valence-electron chi connectivity index (χ1n) is 9.21. The van der Waals surface area contributed by atoms with E-state index in [-0.39, 0.29) is 11.7 Å². The first-order valence-corrected chi connectivity index (χ1v) is 10.1. The van der Waals surface area contributed by atoms with Crippen molar-refractivity contribution >= 4 is 33.3 Å². The summed E-state index contributed by atoms with van der Waals surface area (Å²) in [5, 5.41) is 6.15. The summed E-state index contributed by atoms with van der Waals surface area (Å²) in [5.41, 5.74) is 2.47. The SMILES string of the molecule is CCCCOc1ccc(-c2csc(NC(=O)c3cc4ccccc4o3)n2)cc1. The largest absolute Gasteiger partial charge is 0.494 e. The molecule has 0 radical (unpaired) electrons. The number of anilines is 1. The molecular formula is C22H20N2O3S. The van der Waals surface area contributed by atoms with Crippen LogP contribution in [0.3, 0.4) is 0 Å². The molecule has 0 saturated heterocycles. The number of thiazole rings is 1. The topological polar surface area (TPSA) is 64.4 Å². The van der Waals surface area contributed by atoms with Gasteiger partial charge in [-0.15, -0.1) is 11.3 Å². The zero-order valence-electron chi connectivity index (χ0n) is 15.5. The average Bonchev–Trinajstić information content (AvgIpc) is 3.36. The molecule has 2 heterocycles. The summed E-state index contributed by atoms with van der Waals surface area (Å²) in [4.78, 5) is 17.0. The molecule has 5 nitrogen and oxygen atoms in total. The Morgan fingerprint density at radius 3 is 2.79 bits per heavy atom. The summed E-state index contributed by atoms with van der Waals surface area (Å²) in [6, 6.07) is 17.1. The molecule has 0 aliphatic carbocycles. The molecule has 0 bridgehead atoms. The Labute approximate surface area is 167 Å². The third-order valence-electron chi connectivity index (χ3n) is 4.29. The van der Waals surface area contributed by atoms with Gasteiger partial charge in [-0.1, -0.05) is 31.5 Å². The molecule has 2 aromatic carbocycles. The number of furan rings is 1. The second-order valence-electron chi connectivity index (χ2n) is 6.37. The molecule has 4 aromatic rings. The van der Waals surface area contributed by atoms with Crippen molar-refractivity contribution in [3.63, 3.8) is 0 Å². The van der Waals surface area contributed by atoms with Gasteiger partial charge in [0.05, 0.1) is 12.3 Å². The van der Waals surface area contributed by atoms with E-state index in [0.717, 1.165) is 41.8 Å². The molecular weight excluding hydrogens is 372 g/mol. The van der Waals surface area contributed by atoms with Crippen molar-refractivity contribution in [2.75, 3.05) is 11.9 Å². The number of aromatic nitrogens is 1. The Bertz CT molecular complexity index is 1050. The fraction of sp³-hybridized carbons (Fsp3) is 0.182. The zero-order valence-corrected chi connectivity index (χ0v) is 16.3. The van der Waals surface area contributed by atoms with Gasteiger partial charge in [0, 0.05) is 16.3 Å². The van der Waals surface area contributed by atoms with Crippen LogP contribution in [0.15, 0.2) is 64.4 Å². The number of fused-ring (bicyclic) bond motifs is 1. The van der Waals surface area contributed by atoms with Crippen molar-refractivity contribution in [1.82, 2.24) is 4.98 Å². The van der Waals surface area contributed by atoms with Crippen molar-refractivity contribution < 1.29 is 13.9 Å². The van der Waals surface area contributed by atoms with Crippen molar-refractivity contribution in [2.45, 2.75) is 19.8 Å². The highest BCUT2D eigenvalue weighted by molar-refractivity contribution is 7.14. The van der Waals surface area contributed by atoms with Crippen LogP contribution >= 0.6 is 11.3 Å². The monoisotopic (exact) mass is 392 g/mol. The molecule has 0 aliphatic heterocycles. The number of nitrogens with one attached hydrogen (secondary N) is 1. The quantitative estimate of drug-likeness (QED) is 0.393. The number of hydrogen-bond donors (Lipinski definition) is 1. The Balaban J connectivity index is 1.43. The molecule has 0 unspecified atom stereocenters. The van der Waals surface area contributed by atoms with Crippen molar-refractivity contribution in [2.24, 2.45) is 0 Å². The molecule has 6 heteroatoms. The highest BCUT2D eigenvalue weighted by Gasteiger charge is 2.14. The van der Waals surface area contributed by atoms with Crippen LogP contribution in [-0.2, 0) is 0 Å². The van der Waals surface area contributed by atoms with E-state index in [0.29, 0.717) is 10.7 Å². The second kappa shape index (κ2) is 8.27. The van der Waals surface area contributed by atoms with E-state index in [1.807, 2.05) is 53.9 Å². The number of carbonyl (C=O) groups excluding carboxylic acids is 1. The smallest absolute Gasteiger partial charge is 0.293 e. The standard InChI is InChI=1S/C22H20N2O3S/c1-2-3-12-26-17-10-8-15(9-11-17)18-14-28-22(23-18)24-21(25)20-13-16-6-4-5-7-19(16)27-20/h4-11,13-14H,2-3,12H2,1H3,(H,23,24,25). The number of para-hydroxylation sites is 1. The maximum atomic E-state index is 12.4. The van der Waals surface area contributed by atoms with E-state index >= 15 is 0 Å². The predicted octanol–water partition coefficient (Wildman–Crippen LogP) is 5.99. The minimum absolute atomic E-state index is 0.270. The van der Waals surface area contributed by atoms with Crippen molar-refractivity contribution in [1.29, 1.82) is 0 Å². The molecule has 0 fully saturated rings. The van der Waals surface area contributed by atoms with Gasteiger partial charge in [-0.3, -0.25) is 10.1 Å². The Morgan fingerprint density at radius 2 is 2.00 bits per heavy atom. The first kappa shape index (κ1) is 18.3. The normalized spacial score (nSPS) is 10.9. The minimum atomic E-state index is -0.309. The lowest BCUT2D eigenvalue weighted by Gasteiger charge is -2.05. The van der Waals surface area contributed by atoms with E-state index in [2.05, 4.69) is 17.2 Å². The Morgan fingerprint density at radius 1 is 1.18 bits per heavy atom. The molecule has 0 saturated carbocycles. The van der Waals surface area contributed by atoms with Crippen LogP contribution in [-0.4, -0.2) is 17.5 Å². The summed E-state index contributed by atoms with van der Waals surface area (Å²) in [6.07, 6.45) is 2.15. The molecule has 142 valence electrons. The minimum Gasteiger partial charge on any atom is -0.494 e. The number of amides is 1. The third kappa shape index (κ3) is 4.07. The van der Waals surface area contributed by atoms with Crippen LogP contribution in [0, 0.1) is 0 Å². The van der Waals surface area contributed by atoms with Gasteiger partial charge >= 0.3 is 0 Å². The van der Waals surface area contributed by atoms with Crippen molar-refractivity contribution in [3.8, 4) is 17.0 Å². The Hall–Kier alpha value is -3.12. The summed E-state index contributed by atoms with van der Waals surface area (Å²) in [7, 11) is 0. The fourth-order valence-electron chi connectivity index (χ4n) is 2.77. The molecule has 1 N–H and O–H groups in total. The number of ether oxygens (including phenoxy) is 1. The third-order valence-corrected chi connectivity index (χ3v) is 5.05. The van der Waals surface area contributed by atoms with Crippen LogP contribution < -0.4 is 10.1 Å². The van der Waals surface area contributed by atoms with Gasteiger partial charge in [0.2, 0.25) is 0 Å². The van der Waals surface area contributed by atoms with Gasteiger partial charge in [0.25, 0.3) is 5.91 Å². The van der Waals surface area contributed by atoms with E-state index in [1.165, 1.54) is 11.3 Å². The second-order valence-corrected chi connectivity index (χ2v) is 7.22. The number of nitrogens with zero attached hydrogens (tertiary/aromatic N) is 1. The number of carbonyl (C=O) groups is 1. The maximum Gasteiger partial charge on any atom is 0.293 e. The van der Waals surface area contributed by atoms with Crippen LogP contribution in [0.1, 0.15) is 30.3 Å². The summed E-state index contributed by atoms with van der Waals surface area (Å²) in [5.74, 6) is 0.814. The van der Waals surface area contributed by atoms with Gasteiger partial charge in [-0.2, -0.15) is 0 Å². The number of hydrogen-bond acceptors (Lipinski definition) is 5. The first-order chi connectivity index (χ1) is 13.7. The molecule has 2 aromatic heterocycles. The number of rotatable bonds is 7. The Kier molecular flexibility index (Phi) is 5.39. The van der Waals surface area contributed by atoms with Crippen LogP contribution in [0.25, 0.3) is 22.2 Å². The average molecular weight is 392 g/mol. The summed E-state index contributed by atoms with van der Waals surface area (Å²) < 4.78 is 11.3. The van der Waals surface area contributed by atoms with Gasteiger partial charge < -0.3 is 9.15 Å². The molecule has 28 heavy (non-hydrogen) atoms. The summed E-state index contributed by atoms with van der Waals surface area (Å²) in [6.45, 7) is 2.86. The van der Waals surface area contributed by atoms with Gasteiger partial charge in [0.15, 0.2) is 10.9 Å². The lowest BCUT2D eigenvalue weighted by molar-refractivity contribution is 0.0998. The van der Waals surface area contributed by atoms with E-state index in [4.69, 9.17) is 9.15 Å². The van der Waals surface area contributed by atoms with Crippen LogP contribution in [0.4, 0.5) is 5.13 Å². The zero-order chi connectivity index (χ0) is 19.3. The molecule has 0 aliphatic rings. The lowest BCUT2D eigenvalue weighted by Crippen LogP contribution is -2.10. The van der Waals surface area contributed by atoms with E-state index < -0.39 is 0 Å².